The van der Waals surface area contributed by atoms with Crippen LogP contribution in [0.1, 0.15) is 43.0 Å². The Bertz CT molecular complexity index is 1160. The van der Waals surface area contributed by atoms with E-state index in [2.05, 4.69) is 149 Å². The first kappa shape index (κ1) is 29.4. The van der Waals surface area contributed by atoms with Gasteiger partial charge in [0.05, 0.1) is 24.1 Å². The lowest BCUT2D eigenvalue weighted by molar-refractivity contribution is 0.0207. The topological polar surface area (TPSA) is 18.5 Å². The fraction of sp³-hybridized carbons (Fsp3) is 0.314. The second kappa shape index (κ2) is 13.1. The van der Waals surface area contributed by atoms with Crippen molar-refractivity contribution in [3.05, 3.63) is 144 Å². The van der Waals surface area contributed by atoms with Crippen LogP contribution < -0.4 is 0 Å². The van der Waals surface area contributed by atoms with Gasteiger partial charge in [0.2, 0.25) is 0 Å². The highest BCUT2D eigenvalue weighted by Crippen LogP contribution is 2.49. The number of thioether (sulfide) groups is 1. The molecular formula is C35H42O2SSi. The lowest BCUT2D eigenvalue weighted by atomic mass is 9.84. The van der Waals surface area contributed by atoms with Crippen LogP contribution in [0.3, 0.4) is 0 Å². The van der Waals surface area contributed by atoms with Gasteiger partial charge in [-0.25, -0.2) is 0 Å². The first-order chi connectivity index (χ1) is 18.7. The summed E-state index contributed by atoms with van der Waals surface area (Å²) in [5.41, 5.74) is 4.97. The van der Waals surface area contributed by atoms with Crippen molar-refractivity contribution < 1.29 is 9.16 Å². The van der Waals surface area contributed by atoms with Crippen molar-refractivity contribution in [2.45, 2.75) is 56.4 Å². The second-order valence-electron chi connectivity index (χ2n) is 11.6. The van der Waals surface area contributed by atoms with Crippen molar-refractivity contribution in [2.75, 3.05) is 12.4 Å². The van der Waals surface area contributed by atoms with Gasteiger partial charge in [0.25, 0.3) is 0 Å². The van der Waals surface area contributed by atoms with Gasteiger partial charge in [-0.3, -0.25) is 0 Å². The first-order valence-corrected chi connectivity index (χ1v) is 17.7. The van der Waals surface area contributed by atoms with Gasteiger partial charge in [0, 0.05) is 5.75 Å². The molecule has 0 aromatic heterocycles. The predicted molar refractivity (Wildman–Crippen MR) is 170 cm³/mol. The third-order valence-corrected chi connectivity index (χ3v) is 14.0. The molecule has 4 aromatic carbocycles. The van der Waals surface area contributed by atoms with Gasteiger partial charge in [-0.1, -0.05) is 142 Å². The van der Waals surface area contributed by atoms with E-state index in [4.69, 9.17) is 9.16 Å². The smallest absolute Gasteiger partial charge is 0.192 e. The standard InChI is InChI=1S/C35H42O2SSi/c1-34(2,3)39(4,5)37-27-33(36-26-29-18-10-6-11-19-29)28-38-35(30-20-12-7-13-21-30,31-22-14-8-15-23-31)32-24-16-9-17-25-32/h6-25,33H,26-28H2,1-5H3. The van der Waals surface area contributed by atoms with E-state index in [1.54, 1.807) is 0 Å². The number of ether oxygens (including phenoxy) is 1. The van der Waals surface area contributed by atoms with Crippen LogP contribution in [0.5, 0.6) is 0 Å². The van der Waals surface area contributed by atoms with Gasteiger partial charge in [0.1, 0.15) is 0 Å². The fourth-order valence-corrected chi connectivity index (χ4v) is 7.01. The van der Waals surface area contributed by atoms with E-state index >= 15 is 0 Å². The normalized spacial score (nSPS) is 13.3. The molecule has 0 N–H and O–H groups in total. The highest BCUT2D eigenvalue weighted by molar-refractivity contribution is 8.00. The molecule has 0 saturated heterocycles. The summed E-state index contributed by atoms with van der Waals surface area (Å²) in [6.45, 7) is 12.7. The van der Waals surface area contributed by atoms with Crippen LogP contribution in [0.2, 0.25) is 18.1 Å². The first-order valence-electron chi connectivity index (χ1n) is 13.8. The van der Waals surface area contributed by atoms with Crippen molar-refractivity contribution in [3.63, 3.8) is 0 Å². The van der Waals surface area contributed by atoms with E-state index in [-0.39, 0.29) is 15.9 Å². The summed E-state index contributed by atoms with van der Waals surface area (Å²) in [6, 6.07) is 43.0. The fourth-order valence-electron chi connectivity index (χ4n) is 4.44. The van der Waals surface area contributed by atoms with E-state index in [1.807, 2.05) is 17.8 Å². The maximum Gasteiger partial charge on any atom is 0.192 e. The SMILES string of the molecule is CC(C)(C)[Si](C)(C)OCC(CSC(c1ccccc1)(c1ccccc1)c1ccccc1)OCc1ccccc1. The minimum absolute atomic E-state index is 0.0557. The van der Waals surface area contributed by atoms with Crippen molar-refractivity contribution in [3.8, 4) is 0 Å². The molecular weight excluding hydrogens is 513 g/mol. The molecule has 0 heterocycles. The zero-order valence-corrected chi connectivity index (χ0v) is 25.8. The van der Waals surface area contributed by atoms with E-state index in [0.717, 1.165) is 5.75 Å². The Balaban J connectivity index is 1.69. The van der Waals surface area contributed by atoms with Crippen molar-refractivity contribution in [2.24, 2.45) is 0 Å². The summed E-state index contributed by atoms with van der Waals surface area (Å²) in [6.07, 6.45) is -0.0557. The molecule has 4 heteroatoms. The third kappa shape index (κ3) is 7.32. The van der Waals surface area contributed by atoms with Gasteiger partial charge >= 0.3 is 0 Å². The number of hydrogen-bond acceptors (Lipinski definition) is 3. The number of hydrogen-bond donors (Lipinski definition) is 0. The van der Waals surface area contributed by atoms with Gasteiger partial charge in [-0.2, -0.15) is 0 Å². The maximum absolute atomic E-state index is 6.73. The maximum atomic E-state index is 6.73. The largest absolute Gasteiger partial charge is 0.414 e. The van der Waals surface area contributed by atoms with Crippen LogP contribution in [0.25, 0.3) is 0 Å². The molecule has 0 fully saturated rings. The molecule has 2 nitrogen and oxygen atoms in total. The van der Waals surface area contributed by atoms with Crippen LogP contribution in [-0.2, 0) is 20.5 Å². The average molecular weight is 555 g/mol. The van der Waals surface area contributed by atoms with E-state index in [9.17, 15) is 0 Å². The Labute approximate surface area is 240 Å². The van der Waals surface area contributed by atoms with E-state index in [1.165, 1.54) is 22.3 Å². The van der Waals surface area contributed by atoms with Gasteiger partial charge in [0.15, 0.2) is 8.32 Å². The molecule has 204 valence electrons. The summed E-state index contributed by atoms with van der Waals surface area (Å²) in [5.74, 6) is 0.792. The Hall–Kier alpha value is -2.63. The molecule has 0 amide bonds. The van der Waals surface area contributed by atoms with Crippen molar-refractivity contribution in [1.29, 1.82) is 0 Å². The van der Waals surface area contributed by atoms with Crippen LogP contribution in [0.4, 0.5) is 0 Å². The van der Waals surface area contributed by atoms with Crippen molar-refractivity contribution in [1.82, 2.24) is 0 Å². The molecule has 0 saturated carbocycles. The predicted octanol–water partition coefficient (Wildman–Crippen LogP) is 9.32. The zero-order valence-electron chi connectivity index (χ0n) is 24.0. The van der Waals surface area contributed by atoms with Crippen LogP contribution in [0.15, 0.2) is 121 Å². The minimum Gasteiger partial charge on any atom is -0.414 e. The molecule has 39 heavy (non-hydrogen) atoms. The molecule has 1 unspecified atom stereocenters. The number of benzene rings is 4. The molecule has 0 spiro atoms. The van der Waals surface area contributed by atoms with Crippen molar-refractivity contribution >= 4 is 20.1 Å². The molecule has 0 aliphatic heterocycles. The quantitative estimate of drug-likeness (QED) is 0.128. The lowest BCUT2D eigenvalue weighted by Crippen LogP contribution is -2.43. The Kier molecular flexibility index (Phi) is 9.89. The second-order valence-corrected chi connectivity index (χ2v) is 17.6. The summed E-state index contributed by atoms with van der Waals surface area (Å²) < 4.78 is 13.0. The monoisotopic (exact) mass is 554 g/mol. The Morgan fingerprint density at radius 2 is 1.05 bits per heavy atom. The molecule has 0 aliphatic carbocycles. The third-order valence-electron chi connectivity index (χ3n) is 7.79. The lowest BCUT2D eigenvalue weighted by Gasteiger charge is -2.39. The highest BCUT2D eigenvalue weighted by Gasteiger charge is 2.40. The van der Waals surface area contributed by atoms with E-state index < -0.39 is 8.32 Å². The Morgan fingerprint density at radius 1 is 0.641 bits per heavy atom. The minimum atomic E-state index is -1.93. The number of rotatable bonds is 12. The summed E-state index contributed by atoms with van der Waals surface area (Å²) in [7, 11) is -1.93. The highest BCUT2D eigenvalue weighted by atomic mass is 32.2. The summed E-state index contributed by atoms with van der Waals surface area (Å²) in [4.78, 5) is 0. The molecule has 0 bridgehead atoms. The summed E-state index contributed by atoms with van der Waals surface area (Å²) in [5, 5.41) is 0.145. The molecule has 1 atom stereocenters. The van der Waals surface area contributed by atoms with Gasteiger partial charge < -0.3 is 9.16 Å². The summed E-state index contributed by atoms with van der Waals surface area (Å²) >= 11 is 1.94. The molecule has 0 aliphatic rings. The van der Waals surface area contributed by atoms with Crippen LogP contribution >= 0.6 is 11.8 Å². The molecule has 4 rings (SSSR count). The average Bonchev–Trinajstić information content (AvgIpc) is 2.96. The molecule has 4 aromatic rings. The molecule has 0 radical (unpaired) electrons. The van der Waals surface area contributed by atoms with Crippen LogP contribution in [0, 0.1) is 0 Å². The van der Waals surface area contributed by atoms with E-state index in [0.29, 0.717) is 13.2 Å². The Morgan fingerprint density at radius 3 is 1.46 bits per heavy atom. The van der Waals surface area contributed by atoms with Gasteiger partial charge in [-0.15, -0.1) is 11.8 Å². The van der Waals surface area contributed by atoms with Gasteiger partial charge in [-0.05, 0) is 40.4 Å². The zero-order chi connectivity index (χ0) is 27.8. The van der Waals surface area contributed by atoms with Crippen LogP contribution in [-0.4, -0.2) is 26.8 Å².